The lowest BCUT2D eigenvalue weighted by molar-refractivity contribution is -0.115. The molecule has 1 N–H and O–H groups in total. The van der Waals surface area contributed by atoms with Crippen molar-refractivity contribution in [2.45, 2.75) is 20.3 Å². The maximum Gasteiger partial charge on any atom is 0.144 e. The van der Waals surface area contributed by atoms with Crippen LogP contribution >= 0.6 is 0 Å². The standard InChI is InChI=1S/C6H13NO2S/c1-3-4-10(9)7-5-6(2)8/h7H,3-5H2,1-2H3. The van der Waals surface area contributed by atoms with E-state index in [-0.39, 0.29) is 12.3 Å². The summed E-state index contributed by atoms with van der Waals surface area (Å²) in [5.74, 6) is 0.636. The summed E-state index contributed by atoms with van der Waals surface area (Å²) in [5.41, 5.74) is 0. The molecule has 0 aromatic heterocycles. The van der Waals surface area contributed by atoms with Crippen molar-refractivity contribution < 1.29 is 9.00 Å². The molecule has 4 heteroatoms. The van der Waals surface area contributed by atoms with Gasteiger partial charge in [0.1, 0.15) is 5.78 Å². The molecule has 0 rings (SSSR count). The van der Waals surface area contributed by atoms with Crippen LogP contribution < -0.4 is 4.72 Å². The molecule has 0 saturated carbocycles. The molecule has 60 valence electrons. The predicted molar refractivity (Wildman–Crippen MR) is 42.0 cm³/mol. The molecule has 0 radical (unpaired) electrons. The van der Waals surface area contributed by atoms with Crippen molar-refractivity contribution in [3.8, 4) is 0 Å². The van der Waals surface area contributed by atoms with Gasteiger partial charge < -0.3 is 0 Å². The Kier molecular flexibility index (Phi) is 5.43. The van der Waals surface area contributed by atoms with Crippen LogP contribution in [-0.2, 0) is 15.8 Å². The molecule has 0 aliphatic rings. The van der Waals surface area contributed by atoms with Gasteiger partial charge in [-0.25, -0.2) is 8.93 Å². The van der Waals surface area contributed by atoms with E-state index in [1.54, 1.807) is 0 Å². The zero-order valence-electron chi connectivity index (χ0n) is 6.35. The number of hydrogen-bond donors (Lipinski definition) is 1. The Hall–Kier alpha value is -0.220. The lowest BCUT2D eigenvalue weighted by Crippen LogP contribution is -2.24. The Morgan fingerprint density at radius 2 is 2.20 bits per heavy atom. The highest BCUT2D eigenvalue weighted by atomic mass is 32.2. The van der Waals surface area contributed by atoms with Gasteiger partial charge in [-0.1, -0.05) is 6.92 Å². The van der Waals surface area contributed by atoms with E-state index >= 15 is 0 Å². The summed E-state index contributed by atoms with van der Waals surface area (Å²) in [5, 5.41) is 0. The van der Waals surface area contributed by atoms with E-state index in [1.807, 2.05) is 6.92 Å². The second kappa shape index (κ2) is 5.56. The van der Waals surface area contributed by atoms with E-state index < -0.39 is 11.0 Å². The van der Waals surface area contributed by atoms with Crippen LogP contribution in [0.1, 0.15) is 20.3 Å². The quantitative estimate of drug-likeness (QED) is 0.631. The van der Waals surface area contributed by atoms with Crippen molar-refractivity contribution in [2.75, 3.05) is 12.3 Å². The van der Waals surface area contributed by atoms with Crippen molar-refractivity contribution in [1.29, 1.82) is 0 Å². The van der Waals surface area contributed by atoms with E-state index in [4.69, 9.17) is 0 Å². The van der Waals surface area contributed by atoms with Crippen LogP contribution in [0.2, 0.25) is 0 Å². The molecule has 0 aromatic rings. The van der Waals surface area contributed by atoms with Gasteiger partial charge in [-0.05, 0) is 13.3 Å². The average Bonchev–Trinajstić information content (AvgIpc) is 1.85. The van der Waals surface area contributed by atoms with E-state index in [2.05, 4.69) is 4.72 Å². The summed E-state index contributed by atoms with van der Waals surface area (Å²) in [7, 11) is -1.01. The third-order valence-corrected chi connectivity index (χ3v) is 2.12. The second-order valence-corrected chi connectivity index (χ2v) is 3.46. The Bertz CT molecular complexity index is 136. The number of nitrogens with one attached hydrogen (secondary N) is 1. The van der Waals surface area contributed by atoms with Crippen LogP contribution in [0.5, 0.6) is 0 Å². The topological polar surface area (TPSA) is 46.2 Å². The Morgan fingerprint density at radius 1 is 1.60 bits per heavy atom. The Labute approximate surface area is 63.8 Å². The van der Waals surface area contributed by atoms with Gasteiger partial charge in [-0.15, -0.1) is 0 Å². The molecule has 0 aliphatic heterocycles. The molecule has 1 unspecified atom stereocenters. The lowest BCUT2D eigenvalue weighted by atomic mass is 10.5. The maximum atomic E-state index is 10.8. The first kappa shape index (κ1) is 9.78. The van der Waals surface area contributed by atoms with Crippen molar-refractivity contribution in [3.05, 3.63) is 0 Å². The molecule has 0 saturated heterocycles. The van der Waals surface area contributed by atoms with Gasteiger partial charge in [0.25, 0.3) is 0 Å². The molecule has 10 heavy (non-hydrogen) atoms. The Balaban J connectivity index is 3.30. The van der Waals surface area contributed by atoms with E-state index in [9.17, 15) is 9.00 Å². The smallest absolute Gasteiger partial charge is 0.144 e. The normalized spacial score (nSPS) is 13.0. The minimum Gasteiger partial charge on any atom is -0.299 e. The van der Waals surface area contributed by atoms with Crippen LogP contribution in [0.4, 0.5) is 0 Å². The van der Waals surface area contributed by atoms with Gasteiger partial charge >= 0.3 is 0 Å². The number of Topliss-reactive ketones (excluding diaryl/α,β-unsaturated/α-hetero) is 1. The van der Waals surface area contributed by atoms with Crippen molar-refractivity contribution in [1.82, 2.24) is 4.72 Å². The van der Waals surface area contributed by atoms with Gasteiger partial charge in [-0.3, -0.25) is 4.79 Å². The van der Waals surface area contributed by atoms with E-state index in [1.165, 1.54) is 6.92 Å². The third kappa shape index (κ3) is 5.91. The highest BCUT2D eigenvalue weighted by Crippen LogP contribution is 1.80. The summed E-state index contributed by atoms with van der Waals surface area (Å²) in [6.45, 7) is 3.64. The summed E-state index contributed by atoms with van der Waals surface area (Å²) in [6.07, 6.45) is 0.873. The Morgan fingerprint density at radius 3 is 2.60 bits per heavy atom. The van der Waals surface area contributed by atoms with Crippen LogP contribution in [0, 0.1) is 0 Å². The van der Waals surface area contributed by atoms with Crippen LogP contribution in [0.3, 0.4) is 0 Å². The van der Waals surface area contributed by atoms with Crippen LogP contribution in [0.25, 0.3) is 0 Å². The minimum absolute atomic E-state index is 0.0180. The summed E-state index contributed by atoms with van der Waals surface area (Å²) in [6, 6.07) is 0. The van der Waals surface area contributed by atoms with Gasteiger partial charge in [-0.2, -0.15) is 0 Å². The van der Waals surface area contributed by atoms with Crippen LogP contribution in [0.15, 0.2) is 0 Å². The van der Waals surface area contributed by atoms with Crippen molar-refractivity contribution in [3.63, 3.8) is 0 Å². The monoisotopic (exact) mass is 163 g/mol. The van der Waals surface area contributed by atoms with E-state index in [0.29, 0.717) is 5.75 Å². The molecule has 1 atom stereocenters. The van der Waals surface area contributed by atoms with Gasteiger partial charge in [0.05, 0.1) is 17.5 Å². The lowest BCUT2D eigenvalue weighted by Gasteiger charge is -1.98. The van der Waals surface area contributed by atoms with Crippen LogP contribution in [-0.4, -0.2) is 22.3 Å². The molecule has 3 nitrogen and oxygen atoms in total. The second-order valence-electron chi connectivity index (χ2n) is 2.07. The number of carbonyl (C=O) groups excluding carboxylic acids is 1. The highest BCUT2D eigenvalue weighted by Gasteiger charge is 1.97. The fourth-order valence-corrected chi connectivity index (χ4v) is 1.32. The molecule has 0 spiro atoms. The maximum absolute atomic E-state index is 10.8. The summed E-state index contributed by atoms with van der Waals surface area (Å²) in [4.78, 5) is 10.4. The molecule has 0 amide bonds. The zero-order chi connectivity index (χ0) is 7.98. The first-order valence-electron chi connectivity index (χ1n) is 3.28. The predicted octanol–water partition coefficient (Wildman–Crippen LogP) is 0.239. The SMILES string of the molecule is CCCS(=O)NCC(C)=O. The highest BCUT2D eigenvalue weighted by molar-refractivity contribution is 7.83. The van der Waals surface area contributed by atoms with E-state index in [0.717, 1.165) is 6.42 Å². The number of ketones is 1. The number of rotatable bonds is 5. The molecule has 0 fully saturated rings. The average molecular weight is 163 g/mol. The molecule has 0 heterocycles. The fraction of sp³-hybridized carbons (Fsp3) is 0.833. The molecule has 0 aromatic carbocycles. The third-order valence-electron chi connectivity index (χ3n) is 0.872. The fourth-order valence-electron chi connectivity index (χ4n) is 0.440. The summed E-state index contributed by atoms with van der Waals surface area (Å²) >= 11 is 0. The number of carbonyl (C=O) groups is 1. The minimum atomic E-state index is -1.01. The molecule has 0 bridgehead atoms. The van der Waals surface area contributed by atoms with Gasteiger partial charge in [0.15, 0.2) is 0 Å². The zero-order valence-corrected chi connectivity index (χ0v) is 7.16. The van der Waals surface area contributed by atoms with Crippen molar-refractivity contribution >= 4 is 16.8 Å². The van der Waals surface area contributed by atoms with Gasteiger partial charge in [0.2, 0.25) is 0 Å². The number of hydrogen-bond acceptors (Lipinski definition) is 2. The molecular weight excluding hydrogens is 150 g/mol. The molecular formula is C6H13NO2S. The first-order valence-corrected chi connectivity index (χ1v) is 4.60. The van der Waals surface area contributed by atoms with Gasteiger partial charge in [0, 0.05) is 5.75 Å². The largest absolute Gasteiger partial charge is 0.299 e. The first-order chi connectivity index (χ1) is 4.66. The van der Waals surface area contributed by atoms with Crippen molar-refractivity contribution in [2.24, 2.45) is 0 Å². The summed E-state index contributed by atoms with van der Waals surface area (Å²) < 4.78 is 13.4. The molecule has 0 aliphatic carbocycles.